The zero-order chi connectivity index (χ0) is 22.0. The predicted molar refractivity (Wildman–Crippen MR) is 116 cm³/mol. The Bertz CT molecular complexity index is 1260. The quantitative estimate of drug-likeness (QED) is 0.330. The molecule has 0 fully saturated rings. The highest BCUT2D eigenvalue weighted by atomic mass is 79.9. The second-order valence-electron chi connectivity index (χ2n) is 6.67. The molecule has 2 aromatic heterocycles. The Kier molecular flexibility index (Phi) is 5.58. The minimum atomic E-state index is -0.490. The molecular weight excluding hydrogens is 466 g/mol. The molecule has 10 nitrogen and oxygen atoms in total. The van der Waals surface area contributed by atoms with Crippen molar-refractivity contribution in [2.75, 3.05) is 5.32 Å². The van der Waals surface area contributed by atoms with Gasteiger partial charge in [-0.25, -0.2) is 9.36 Å². The van der Waals surface area contributed by atoms with E-state index in [9.17, 15) is 14.9 Å². The van der Waals surface area contributed by atoms with Crippen LogP contribution in [-0.4, -0.2) is 35.6 Å². The number of nitrogens with one attached hydrogen (secondary N) is 1. The number of amides is 1. The summed E-state index contributed by atoms with van der Waals surface area (Å²) in [6.07, 6.45) is 1.60. The lowest BCUT2D eigenvalue weighted by atomic mass is 10.2. The van der Waals surface area contributed by atoms with Crippen molar-refractivity contribution in [3.05, 3.63) is 92.3 Å². The Balaban J connectivity index is 1.54. The minimum absolute atomic E-state index is 0.0738. The van der Waals surface area contributed by atoms with Gasteiger partial charge in [0.15, 0.2) is 5.69 Å². The highest BCUT2D eigenvalue weighted by Gasteiger charge is 2.20. The summed E-state index contributed by atoms with van der Waals surface area (Å²) in [5.41, 5.74) is 1.96. The topological polar surface area (TPSA) is 121 Å². The molecule has 11 heteroatoms. The number of carbonyl (C=O) groups is 1. The highest BCUT2D eigenvalue weighted by Crippen LogP contribution is 2.19. The summed E-state index contributed by atoms with van der Waals surface area (Å²) in [6.45, 7) is 2.15. The fourth-order valence-electron chi connectivity index (χ4n) is 3.03. The number of carbonyl (C=O) groups excluding carboxylic acids is 1. The fraction of sp³-hybridized carbons (Fsp3) is 0.100. The van der Waals surface area contributed by atoms with Crippen LogP contribution in [0.3, 0.4) is 0 Å². The summed E-state index contributed by atoms with van der Waals surface area (Å²) in [5, 5.41) is 26.1. The molecule has 0 atom stereocenters. The number of benzene rings is 2. The van der Waals surface area contributed by atoms with Crippen molar-refractivity contribution in [1.82, 2.24) is 24.8 Å². The van der Waals surface area contributed by atoms with Gasteiger partial charge in [0.05, 0.1) is 29.0 Å². The van der Waals surface area contributed by atoms with E-state index in [-0.39, 0.29) is 11.4 Å². The van der Waals surface area contributed by atoms with E-state index in [0.717, 1.165) is 10.0 Å². The van der Waals surface area contributed by atoms with Crippen LogP contribution in [0.1, 0.15) is 21.7 Å². The maximum Gasteiger partial charge on any atom is 0.279 e. The molecule has 0 spiro atoms. The maximum atomic E-state index is 12.8. The first-order valence-electron chi connectivity index (χ1n) is 9.17. The molecule has 0 radical (unpaired) electrons. The van der Waals surface area contributed by atoms with Crippen LogP contribution in [0.4, 0.5) is 11.5 Å². The van der Waals surface area contributed by atoms with Gasteiger partial charge in [0.1, 0.15) is 5.82 Å². The van der Waals surface area contributed by atoms with Crippen molar-refractivity contribution in [3.8, 4) is 5.69 Å². The van der Waals surface area contributed by atoms with Crippen molar-refractivity contribution < 1.29 is 9.72 Å². The van der Waals surface area contributed by atoms with Crippen molar-refractivity contribution >= 4 is 33.3 Å². The van der Waals surface area contributed by atoms with E-state index in [2.05, 4.69) is 36.7 Å². The zero-order valence-corrected chi connectivity index (χ0v) is 17.9. The third-order valence-electron chi connectivity index (χ3n) is 4.60. The van der Waals surface area contributed by atoms with Gasteiger partial charge in [-0.1, -0.05) is 39.3 Å². The van der Waals surface area contributed by atoms with Crippen LogP contribution in [0.5, 0.6) is 0 Å². The van der Waals surface area contributed by atoms with Crippen molar-refractivity contribution in [1.29, 1.82) is 0 Å². The third-order valence-corrected chi connectivity index (χ3v) is 5.13. The zero-order valence-electron chi connectivity index (χ0n) is 16.3. The number of hydrogen-bond acceptors (Lipinski definition) is 6. The van der Waals surface area contributed by atoms with E-state index in [0.29, 0.717) is 23.7 Å². The Labute approximate surface area is 184 Å². The SMILES string of the molecule is Cc1c(C(=O)Nc2ccnn2Cc2ccc(Br)cc2)nnn1-c1cccc([N+](=O)[O-])c1. The van der Waals surface area contributed by atoms with Crippen LogP contribution in [0.15, 0.2) is 65.3 Å². The van der Waals surface area contributed by atoms with Crippen LogP contribution in [0.2, 0.25) is 0 Å². The fourth-order valence-corrected chi connectivity index (χ4v) is 3.29. The van der Waals surface area contributed by atoms with Gasteiger partial charge in [0, 0.05) is 22.7 Å². The third kappa shape index (κ3) is 4.36. The van der Waals surface area contributed by atoms with Crippen LogP contribution in [0.25, 0.3) is 5.69 Å². The van der Waals surface area contributed by atoms with Crippen LogP contribution >= 0.6 is 15.9 Å². The van der Waals surface area contributed by atoms with Gasteiger partial charge in [0.25, 0.3) is 11.6 Å². The predicted octanol–water partition coefficient (Wildman–Crippen LogP) is 3.74. The average molecular weight is 482 g/mol. The second kappa shape index (κ2) is 8.48. The number of nitrogens with zero attached hydrogens (tertiary/aromatic N) is 6. The van der Waals surface area contributed by atoms with E-state index >= 15 is 0 Å². The molecule has 0 unspecified atom stereocenters. The molecule has 0 saturated heterocycles. The first-order chi connectivity index (χ1) is 14.9. The highest BCUT2D eigenvalue weighted by molar-refractivity contribution is 9.10. The van der Waals surface area contributed by atoms with Gasteiger partial charge in [-0.3, -0.25) is 14.9 Å². The summed E-state index contributed by atoms with van der Waals surface area (Å²) in [4.78, 5) is 23.4. The smallest absolute Gasteiger partial charge is 0.279 e. The minimum Gasteiger partial charge on any atom is -0.305 e. The Morgan fingerprint density at radius 2 is 1.97 bits per heavy atom. The monoisotopic (exact) mass is 481 g/mol. The summed E-state index contributed by atoms with van der Waals surface area (Å²) in [7, 11) is 0. The lowest BCUT2D eigenvalue weighted by Crippen LogP contribution is -2.17. The summed E-state index contributed by atoms with van der Waals surface area (Å²) >= 11 is 3.41. The van der Waals surface area contributed by atoms with Gasteiger partial charge in [-0.2, -0.15) is 5.10 Å². The molecular formula is C20H16BrN7O3. The van der Waals surface area contributed by atoms with Crippen LogP contribution in [-0.2, 0) is 6.54 Å². The first kappa shape index (κ1) is 20.4. The molecule has 0 bridgehead atoms. The van der Waals surface area contributed by atoms with Gasteiger partial charge < -0.3 is 5.32 Å². The molecule has 2 heterocycles. The van der Waals surface area contributed by atoms with Gasteiger partial charge in [-0.15, -0.1) is 5.10 Å². The number of aromatic nitrogens is 5. The Morgan fingerprint density at radius 3 is 2.71 bits per heavy atom. The van der Waals surface area contributed by atoms with E-state index in [1.54, 1.807) is 36.0 Å². The van der Waals surface area contributed by atoms with E-state index < -0.39 is 10.8 Å². The number of nitro benzene ring substituents is 1. The molecule has 0 aliphatic carbocycles. The summed E-state index contributed by atoms with van der Waals surface area (Å²) in [5.74, 6) is 0.0592. The molecule has 31 heavy (non-hydrogen) atoms. The largest absolute Gasteiger partial charge is 0.305 e. The van der Waals surface area contributed by atoms with Gasteiger partial charge in [-0.05, 0) is 30.7 Å². The molecule has 4 aromatic rings. The van der Waals surface area contributed by atoms with Crippen molar-refractivity contribution in [2.45, 2.75) is 13.5 Å². The van der Waals surface area contributed by atoms with Crippen molar-refractivity contribution in [3.63, 3.8) is 0 Å². The molecule has 0 aliphatic heterocycles. The number of nitro groups is 1. The number of non-ortho nitro benzene ring substituents is 1. The van der Waals surface area contributed by atoms with Crippen LogP contribution in [0, 0.1) is 17.0 Å². The van der Waals surface area contributed by atoms with Gasteiger partial charge >= 0.3 is 0 Å². The normalized spacial score (nSPS) is 10.8. The van der Waals surface area contributed by atoms with Gasteiger partial charge in [0.2, 0.25) is 0 Å². The molecule has 2 aromatic carbocycles. The Hall–Kier alpha value is -3.86. The standard InChI is InChI=1S/C20H16BrN7O3/c1-13-19(24-25-27(13)16-3-2-4-17(11-16)28(30)31)20(29)23-18-9-10-22-26(18)12-14-5-7-15(21)8-6-14/h2-11H,12H2,1H3,(H,23,29). The van der Waals surface area contributed by atoms with E-state index in [1.165, 1.54) is 16.8 Å². The molecule has 0 saturated carbocycles. The summed E-state index contributed by atoms with van der Waals surface area (Å²) < 4.78 is 4.04. The summed E-state index contributed by atoms with van der Waals surface area (Å²) in [6, 6.07) is 15.5. The molecule has 0 aliphatic rings. The second-order valence-corrected chi connectivity index (χ2v) is 7.58. The lowest BCUT2D eigenvalue weighted by Gasteiger charge is -2.09. The maximum absolute atomic E-state index is 12.8. The number of rotatable bonds is 6. The lowest BCUT2D eigenvalue weighted by molar-refractivity contribution is -0.384. The number of anilines is 1. The van der Waals surface area contributed by atoms with Crippen molar-refractivity contribution in [2.24, 2.45) is 0 Å². The Morgan fingerprint density at radius 1 is 1.19 bits per heavy atom. The van der Waals surface area contributed by atoms with E-state index in [1.807, 2.05) is 24.3 Å². The molecule has 1 amide bonds. The molecule has 1 N–H and O–H groups in total. The van der Waals surface area contributed by atoms with E-state index in [4.69, 9.17) is 0 Å². The molecule has 156 valence electrons. The first-order valence-corrected chi connectivity index (χ1v) is 9.96. The molecule has 4 rings (SSSR count). The van der Waals surface area contributed by atoms with Crippen LogP contribution < -0.4 is 5.32 Å². The average Bonchev–Trinajstić information content (AvgIpc) is 3.36. The number of halogens is 1. The number of hydrogen-bond donors (Lipinski definition) is 1.